The van der Waals surface area contributed by atoms with Crippen LogP contribution in [-0.2, 0) is 11.3 Å². The standard InChI is InChI=1S/C14H22O/c1-10(2)12-6-7-14(11(3)4)13(8-12)9-15-5/h6-8,10-11H,9H2,1-5H3. The molecule has 0 N–H and O–H groups in total. The van der Waals surface area contributed by atoms with Crippen LogP contribution in [0.1, 0.15) is 56.2 Å². The highest BCUT2D eigenvalue weighted by atomic mass is 16.5. The van der Waals surface area contributed by atoms with E-state index in [4.69, 9.17) is 4.74 Å². The molecule has 0 unspecified atom stereocenters. The Morgan fingerprint density at radius 2 is 1.73 bits per heavy atom. The summed E-state index contributed by atoms with van der Waals surface area (Å²) in [6.07, 6.45) is 0. The first-order valence-corrected chi connectivity index (χ1v) is 5.68. The molecule has 0 aliphatic rings. The number of hydrogen-bond acceptors (Lipinski definition) is 1. The summed E-state index contributed by atoms with van der Waals surface area (Å²) in [4.78, 5) is 0. The molecule has 0 amide bonds. The van der Waals surface area contributed by atoms with Crippen LogP contribution in [0.4, 0.5) is 0 Å². The Morgan fingerprint density at radius 3 is 2.20 bits per heavy atom. The molecule has 0 aliphatic heterocycles. The minimum Gasteiger partial charge on any atom is -0.380 e. The highest BCUT2D eigenvalue weighted by molar-refractivity contribution is 5.35. The normalized spacial score (nSPS) is 11.4. The molecule has 1 rings (SSSR count). The Balaban J connectivity index is 3.08. The van der Waals surface area contributed by atoms with Gasteiger partial charge in [0, 0.05) is 7.11 Å². The molecule has 0 radical (unpaired) electrons. The van der Waals surface area contributed by atoms with Crippen molar-refractivity contribution in [3.05, 3.63) is 34.9 Å². The van der Waals surface area contributed by atoms with Crippen LogP contribution in [0.15, 0.2) is 18.2 Å². The lowest BCUT2D eigenvalue weighted by Crippen LogP contribution is -2.00. The van der Waals surface area contributed by atoms with E-state index in [2.05, 4.69) is 45.9 Å². The van der Waals surface area contributed by atoms with Gasteiger partial charge in [-0.25, -0.2) is 0 Å². The maximum Gasteiger partial charge on any atom is 0.0715 e. The minimum atomic E-state index is 0.566. The van der Waals surface area contributed by atoms with E-state index < -0.39 is 0 Å². The van der Waals surface area contributed by atoms with Crippen LogP contribution in [0.2, 0.25) is 0 Å². The molecule has 0 bridgehead atoms. The van der Waals surface area contributed by atoms with E-state index >= 15 is 0 Å². The van der Waals surface area contributed by atoms with Gasteiger partial charge in [-0.05, 0) is 28.5 Å². The summed E-state index contributed by atoms with van der Waals surface area (Å²) in [7, 11) is 1.76. The van der Waals surface area contributed by atoms with E-state index in [9.17, 15) is 0 Å². The van der Waals surface area contributed by atoms with Crippen LogP contribution in [0.5, 0.6) is 0 Å². The highest BCUT2D eigenvalue weighted by Gasteiger charge is 2.08. The molecule has 0 aromatic heterocycles. The predicted octanol–water partition coefficient (Wildman–Crippen LogP) is 4.08. The largest absolute Gasteiger partial charge is 0.380 e. The Bertz CT molecular complexity index is 313. The van der Waals surface area contributed by atoms with Crippen molar-refractivity contribution in [1.29, 1.82) is 0 Å². The molecule has 0 aliphatic carbocycles. The molecule has 0 heterocycles. The van der Waals surface area contributed by atoms with Crippen molar-refractivity contribution >= 4 is 0 Å². The van der Waals surface area contributed by atoms with Crippen LogP contribution in [0.25, 0.3) is 0 Å². The third kappa shape index (κ3) is 3.07. The number of benzene rings is 1. The van der Waals surface area contributed by atoms with Crippen molar-refractivity contribution in [2.45, 2.75) is 46.1 Å². The summed E-state index contributed by atoms with van der Waals surface area (Å²) >= 11 is 0. The average molecular weight is 206 g/mol. The summed E-state index contributed by atoms with van der Waals surface area (Å²) in [6.45, 7) is 9.61. The van der Waals surface area contributed by atoms with E-state index in [1.807, 2.05) is 0 Å². The Morgan fingerprint density at radius 1 is 1.07 bits per heavy atom. The number of methoxy groups -OCH3 is 1. The van der Waals surface area contributed by atoms with Gasteiger partial charge in [-0.3, -0.25) is 0 Å². The van der Waals surface area contributed by atoms with E-state index in [-0.39, 0.29) is 0 Å². The third-order valence-electron chi connectivity index (χ3n) is 2.76. The topological polar surface area (TPSA) is 9.23 Å². The van der Waals surface area contributed by atoms with Gasteiger partial charge in [0.2, 0.25) is 0 Å². The molecule has 1 heteroatoms. The van der Waals surface area contributed by atoms with E-state index in [0.29, 0.717) is 18.4 Å². The summed E-state index contributed by atoms with van der Waals surface area (Å²) < 4.78 is 5.25. The predicted molar refractivity (Wildman–Crippen MR) is 65.3 cm³/mol. The molecule has 15 heavy (non-hydrogen) atoms. The fraction of sp³-hybridized carbons (Fsp3) is 0.571. The van der Waals surface area contributed by atoms with Gasteiger partial charge >= 0.3 is 0 Å². The Hall–Kier alpha value is -0.820. The number of ether oxygens (including phenoxy) is 1. The molecule has 0 atom stereocenters. The van der Waals surface area contributed by atoms with E-state index in [1.54, 1.807) is 7.11 Å². The van der Waals surface area contributed by atoms with Gasteiger partial charge in [-0.1, -0.05) is 45.9 Å². The molecule has 1 nitrogen and oxygen atoms in total. The van der Waals surface area contributed by atoms with Crippen molar-refractivity contribution in [3.63, 3.8) is 0 Å². The fourth-order valence-electron chi connectivity index (χ4n) is 1.83. The fourth-order valence-corrected chi connectivity index (χ4v) is 1.83. The highest BCUT2D eigenvalue weighted by Crippen LogP contribution is 2.24. The SMILES string of the molecule is COCc1cc(C(C)C)ccc1C(C)C. The average Bonchev–Trinajstić information content (AvgIpc) is 2.17. The smallest absolute Gasteiger partial charge is 0.0715 e. The first-order chi connectivity index (χ1) is 7.06. The van der Waals surface area contributed by atoms with E-state index in [0.717, 1.165) is 0 Å². The van der Waals surface area contributed by atoms with Crippen molar-refractivity contribution in [1.82, 2.24) is 0 Å². The van der Waals surface area contributed by atoms with Gasteiger partial charge in [0.05, 0.1) is 6.61 Å². The second kappa shape index (κ2) is 5.32. The lowest BCUT2D eigenvalue weighted by molar-refractivity contribution is 0.184. The molecule has 0 spiro atoms. The maximum atomic E-state index is 5.25. The molecule has 0 saturated carbocycles. The van der Waals surface area contributed by atoms with Crippen molar-refractivity contribution < 1.29 is 4.74 Å². The minimum absolute atomic E-state index is 0.566. The molecule has 0 fully saturated rings. The Kier molecular flexibility index (Phi) is 4.34. The number of hydrogen-bond donors (Lipinski definition) is 0. The van der Waals surface area contributed by atoms with Crippen molar-refractivity contribution in [2.24, 2.45) is 0 Å². The summed E-state index contributed by atoms with van der Waals surface area (Å²) in [5, 5.41) is 0. The van der Waals surface area contributed by atoms with Gasteiger partial charge in [0.15, 0.2) is 0 Å². The summed E-state index contributed by atoms with van der Waals surface area (Å²) in [5.74, 6) is 1.15. The molecule has 0 saturated heterocycles. The first kappa shape index (κ1) is 12.3. The van der Waals surface area contributed by atoms with Gasteiger partial charge in [0.25, 0.3) is 0 Å². The third-order valence-corrected chi connectivity index (χ3v) is 2.76. The van der Waals surface area contributed by atoms with Crippen molar-refractivity contribution in [3.8, 4) is 0 Å². The second-order valence-electron chi connectivity index (χ2n) is 4.70. The summed E-state index contributed by atoms with van der Waals surface area (Å²) in [5.41, 5.74) is 4.13. The van der Waals surface area contributed by atoms with Crippen molar-refractivity contribution in [2.75, 3.05) is 7.11 Å². The van der Waals surface area contributed by atoms with Gasteiger partial charge in [-0.2, -0.15) is 0 Å². The van der Waals surface area contributed by atoms with Gasteiger partial charge < -0.3 is 4.74 Å². The molecular formula is C14H22O. The zero-order valence-corrected chi connectivity index (χ0v) is 10.5. The zero-order chi connectivity index (χ0) is 11.4. The lowest BCUT2D eigenvalue weighted by atomic mass is 9.92. The quantitative estimate of drug-likeness (QED) is 0.721. The molecule has 1 aromatic carbocycles. The zero-order valence-electron chi connectivity index (χ0n) is 10.5. The number of rotatable bonds is 4. The lowest BCUT2D eigenvalue weighted by Gasteiger charge is -2.15. The molecule has 1 aromatic rings. The van der Waals surface area contributed by atoms with Crippen LogP contribution in [0, 0.1) is 0 Å². The van der Waals surface area contributed by atoms with E-state index in [1.165, 1.54) is 16.7 Å². The summed E-state index contributed by atoms with van der Waals surface area (Å²) in [6, 6.07) is 6.76. The molecular weight excluding hydrogens is 184 g/mol. The van der Waals surface area contributed by atoms with Crippen LogP contribution >= 0.6 is 0 Å². The first-order valence-electron chi connectivity index (χ1n) is 5.68. The maximum absolute atomic E-state index is 5.25. The van der Waals surface area contributed by atoms with Crippen LogP contribution in [0.3, 0.4) is 0 Å². The monoisotopic (exact) mass is 206 g/mol. The second-order valence-corrected chi connectivity index (χ2v) is 4.70. The van der Waals surface area contributed by atoms with Crippen LogP contribution in [-0.4, -0.2) is 7.11 Å². The molecule has 84 valence electrons. The van der Waals surface area contributed by atoms with Gasteiger partial charge in [-0.15, -0.1) is 0 Å². The Labute approximate surface area is 93.5 Å². The van der Waals surface area contributed by atoms with Gasteiger partial charge in [0.1, 0.15) is 0 Å². The van der Waals surface area contributed by atoms with Crippen LogP contribution < -0.4 is 0 Å².